The van der Waals surface area contributed by atoms with E-state index in [4.69, 9.17) is 0 Å². The topological polar surface area (TPSA) is 55.2 Å². The van der Waals surface area contributed by atoms with Gasteiger partial charge in [0.25, 0.3) is 0 Å². The second kappa shape index (κ2) is 6.37. The fourth-order valence-corrected chi connectivity index (χ4v) is 3.89. The number of rotatable bonds is 5. The molecule has 0 amide bonds. The minimum Gasteiger partial charge on any atom is -0.272 e. The Morgan fingerprint density at radius 1 is 1.12 bits per heavy atom. The molecule has 0 spiro atoms. The van der Waals surface area contributed by atoms with E-state index in [0.29, 0.717) is 11.4 Å². The molecule has 0 aliphatic carbocycles. The van der Waals surface area contributed by atoms with E-state index in [2.05, 4.69) is 5.10 Å². The van der Waals surface area contributed by atoms with Crippen LogP contribution in [-0.2, 0) is 23.1 Å². The molecule has 3 rings (SSSR count). The Morgan fingerprint density at radius 2 is 1.83 bits per heavy atom. The zero-order valence-electron chi connectivity index (χ0n) is 14.1. The molecule has 0 saturated carbocycles. The van der Waals surface area contributed by atoms with E-state index in [1.54, 1.807) is 19.2 Å². The van der Waals surface area contributed by atoms with Crippen LogP contribution < -0.4 is 0 Å². The Morgan fingerprint density at radius 3 is 2.50 bits per heavy atom. The van der Waals surface area contributed by atoms with Gasteiger partial charge in [0.2, 0.25) is 10.0 Å². The summed E-state index contributed by atoms with van der Waals surface area (Å²) in [6.07, 6.45) is 1.90. The van der Waals surface area contributed by atoms with E-state index >= 15 is 0 Å². The minimum absolute atomic E-state index is 0.307. The molecule has 0 radical (unpaired) electrons. The van der Waals surface area contributed by atoms with Crippen LogP contribution in [0.25, 0.3) is 10.8 Å². The Bertz CT molecular complexity index is 977. The van der Waals surface area contributed by atoms with Crippen molar-refractivity contribution in [3.05, 3.63) is 59.9 Å². The molecule has 0 aliphatic rings. The quantitative estimate of drug-likeness (QED) is 0.715. The first-order valence-corrected chi connectivity index (χ1v) is 9.34. The van der Waals surface area contributed by atoms with Crippen molar-refractivity contribution >= 4 is 20.8 Å². The molecule has 3 aromatic rings. The molecule has 1 heterocycles. The molecule has 0 unspecified atom stereocenters. The third kappa shape index (κ3) is 3.07. The van der Waals surface area contributed by atoms with E-state index in [1.165, 1.54) is 4.31 Å². The Kier molecular flexibility index (Phi) is 4.43. The zero-order chi connectivity index (χ0) is 17.3. The molecule has 0 bridgehead atoms. The smallest absolute Gasteiger partial charge is 0.243 e. The summed E-state index contributed by atoms with van der Waals surface area (Å²) in [5, 5.41) is 6.32. The van der Waals surface area contributed by atoms with Gasteiger partial charge in [0.1, 0.15) is 0 Å². The van der Waals surface area contributed by atoms with Crippen LogP contribution in [0.15, 0.2) is 53.6 Å². The van der Waals surface area contributed by atoms with Gasteiger partial charge in [-0.3, -0.25) is 4.68 Å². The number of nitrogens with zero attached hydrogens (tertiary/aromatic N) is 3. The molecular weight excluding hydrogens is 322 g/mol. The minimum atomic E-state index is -3.55. The lowest BCUT2D eigenvalue weighted by Crippen LogP contribution is -2.26. The Hall–Kier alpha value is -2.18. The summed E-state index contributed by atoms with van der Waals surface area (Å²) in [5.41, 5.74) is 1.78. The zero-order valence-corrected chi connectivity index (χ0v) is 14.9. The predicted octanol–water partition coefficient (Wildman–Crippen LogP) is 3.19. The van der Waals surface area contributed by atoms with E-state index in [0.717, 1.165) is 28.6 Å². The summed E-state index contributed by atoms with van der Waals surface area (Å²) in [4.78, 5) is 0.309. The lowest BCUT2D eigenvalue weighted by atomic mass is 10.1. The van der Waals surface area contributed by atoms with Crippen molar-refractivity contribution in [2.24, 2.45) is 0 Å². The third-order valence-corrected chi connectivity index (χ3v) is 5.99. The van der Waals surface area contributed by atoms with Gasteiger partial charge in [0.05, 0.1) is 10.6 Å². The van der Waals surface area contributed by atoms with Crippen molar-refractivity contribution in [2.45, 2.75) is 31.8 Å². The fraction of sp³-hybridized carbons (Fsp3) is 0.278. The van der Waals surface area contributed by atoms with E-state index < -0.39 is 10.0 Å². The highest BCUT2D eigenvalue weighted by Crippen LogP contribution is 2.22. The van der Waals surface area contributed by atoms with Gasteiger partial charge in [0.15, 0.2) is 0 Å². The Labute approximate surface area is 142 Å². The molecular formula is C18H21N3O2S. The molecule has 0 aliphatic heterocycles. The first-order chi connectivity index (χ1) is 11.4. The highest BCUT2D eigenvalue weighted by molar-refractivity contribution is 7.89. The van der Waals surface area contributed by atoms with Crippen LogP contribution in [0.4, 0.5) is 0 Å². The molecule has 2 aromatic carbocycles. The van der Waals surface area contributed by atoms with Crippen LogP contribution >= 0.6 is 0 Å². The van der Waals surface area contributed by atoms with Gasteiger partial charge < -0.3 is 0 Å². The van der Waals surface area contributed by atoms with Gasteiger partial charge in [-0.25, -0.2) is 8.42 Å². The lowest BCUT2D eigenvalue weighted by molar-refractivity contribution is 0.466. The van der Waals surface area contributed by atoms with Crippen LogP contribution in [0.3, 0.4) is 0 Å². The number of sulfonamides is 1. The maximum atomic E-state index is 12.9. The summed E-state index contributed by atoms with van der Waals surface area (Å²) >= 11 is 0. The monoisotopic (exact) mass is 343 g/mol. The van der Waals surface area contributed by atoms with E-state index in [1.807, 2.05) is 55.1 Å². The van der Waals surface area contributed by atoms with Crippen molar-refractivity contribution in [3.63, 3.8) is 0 Å². The van der Waals surface area contributed by atoms with Gasteiger partial charge in [-0.05, 0) is 36.8 Å². The number of benzene rings is 2. The number of hydrogen-bond donors (Lipinski definition) is 0. The predicted molar refractivity (Wildman–Crippen MR) is 95.2 cm³/mol. The highest BCUT2D eigenvalue weighted by atomic mass is 32.2. The standard InChI is InChI=1S/C18H21N3O2S/c1-4-21-13-17(14(2)19-21)12-20(3)24(22,23)18-10-9-15-7-5-6-8-16(15)11-18/h5-11,13H,4,12H2,1-3H3. The largest absolute Gasteiger partial charge is 0.272 e. The van der Waals surface area contributed by atoms with Gasteiger partial charge in [-0.15, -0.1) is 0 Å². The van der Waals surface area contributed by atoms with Gasteiger partial charge in [-0.2, -0.15) is 9.40 Å². The van der Waals surface area contributed by atoms with Crippen molar-refractivity contribution in [1.82, 2.24) is 14.1 Å². The highest BCUT2D eigenvalue weighted by Gasteiger charge is 2.22. The fourth-order valence-electron chi connectivity index (χ4n) is 2.71. The van der Waals surface area contributed by atoms with Crippen LogP contribution in [-0.4, -0.2) is 29.6 Å². The van der Waals surface area contributed by atoms with Crippen LogP contribution in [0.2, 0.25) is 0 Å². The van der Waals surface area contributed by atoms with Crippen LogP contribution in [0.1, 0.15) is 18.2 Å². The van der Waals surface area contributed by atoms with E-state index in [-0.39, 0.29) is 0 Å². The summed E-state index contributed by atoms with van der Waals surface area (Å²) in [6, 6.07) is 13.0. The van der Waals surface area contributed by atoms with Crippen molar-refractivity contribution in [3.8, 4) is 0 Å². The molecule has 6 heteroatoms. The average molecular weight is 343 g/mol. The normalized spacial score (nSPS) is 12.2. The number of aromatic nitrogens is 2. The van der Waals surface area contributed by atoms with Crippen molar-refractivity contribution in [2.75, 3.05) is 7.05 Å². The molecule has 1 aromatic heterocycles. The second-order valence-electron chi connectivity index (χ2n) is 5.87. The molecule has 24 heavy (non-hydrogen) atoms. The average Bonchev–Trinajstić information content (AvgIpc) is 2.94. The lowest BCUT2D eigenvalue weighted by Gasteiger charge is -2.17. The maximum absolute atomic E-state index is 12.9. The van der Waals surface area contributed by atoms with Crippen LogP contribution in [0, 0.1) is 6.92 Å². The molecule has 0 saturated heterocycles. The number of aryl methyl sites for hydroxylation is 2. The summed E-state index contributed by atoms with van der Waals surface area (Å²) in [7, 11) is -1.94. The number of fused-ring (bicyclic) bond motifs is 1. The summed E-state index contributed by atoms with van der Waals surface area (Å²) in [6.45, 7) is 4.98. The molecule has 0 fully saturated rings. The first kappa shape index (κ1) is 16.7. The van der Waals surface area contributed by atoms with Gasteiger partial charge in [-0.1, -0.05) is 30.3 Å². The van der Waals surface area contributed by atoms with Crippen LogP contribution in [0.5, 0.6) is 0 Å². The molecule has 0 N–H and O–H groups in total. The van der Waals surface area contributed by atoms with Crippen molar-refractivity contribution < 1.29 is 8.42 Å². The van der Waals surface area contributed by atoms with Crippen molar-refractivity contribution in [1.29, 1.82) is 0 Å². The third-order valence-electron chi connectivity index (χ3n) is 4.19. The van der Waals surface area contributed by atoms with Gasteiger partial charge >= 0.3 is 0 Å². The SMILES string of the molecule is CCn1cc(CN(C)S(=O)(=O)c2ccc3ccccc3c2)c(C)n1. The summed E-state index contributed by atoms with van der Waals surface area (Å²) < 4.78 is 28.9. The van der Waals surface area contributed by atoms with Gasteiger partial charge in [0, 0.05) is 31.9 Å². The summed E-state index contributed by atoms with van der Waals surface area (Å²) in [5.74, 6) is 0. The molecule has 126 valence electrons. The van der Waals surface area contributed by atoms with E-state index in [9.17, 15) is 8.42 Å². The molecule has 0 atom stereocenters. The molecule has 5 nitrogen and oxygen atoms in total. The maximum Gasteiger partial charge on any atom is 0.243 e. The second-order valence-corrected chi connectivity index (χ2v) is 7.91. The number of hydrogen-bond acceptors (Lipinski definition) is 3. The Balaban J connectivity index is 1.91. The first-order valence-electron chi connectivity index (χ1n) is 7.90.